The van der Waals surface area contributed by atoms with E-state index in [1.807, 2.05) is 0 Å². The fraction of sp³-hybridized carbons (Fsp3) is 0.923. The molecule has 1 N–H and O–H groups in total. The highest BCUT2D eigenvalue weighted by molar-refractivity contribution is 5.85. The van der Waals surface area contributed by atoms with Crippen LogP contribution in [0.3, 0.4) is 0 Å². The maximum Gasteiger partial charge on any atom is 0.230 e. The topological polar surface area (TPSA) is 41.6 Å². The average Bonchev–Trinajstić information content (AvgIpc) is 2.70. The van der Waals surface area contributed by atoms with Crippen LogP contribution in [0.1, 0.15) is 32.1 Å². The SMILES string of the molecule is Cl.O=C1N(C2CCOCC2)CC[C@@]12CCCNC2. The molecule has 3 saturated heterocycles. The van der Waals surface area contributed by atoms with Crippen LogP contribution in [0.5, 0.6) is 0 Å². The van der Waals surface area contributed by atoms with Gasteiger partial charge in [0.1, 0.15) is 0 Å². The molecule has 5 heteroatoms. The third-order valence-electron chi connectivity index (χ3n) is 4.65. The van der Waals surface area contributed by atoms with Crippen molar-refractivity contribution < 1.29 is 9.53 Å². The minimum atomic E-state index is -0.0590. The van der Waals surface area contributed by atoms with Crippen molar-refractivity contribution in [3.8, 4) is 0 Å². The molecule has 0 bridgehead atoms. The predicted octanol–water partition coefficient (Wildman–Crippen LogP) is 1.19. The lowest BCUT2D eigenvalue weighted by Crippen LogP contribution is -2.48. The number of carbonyl (C=O) groups excluding carboxylic acids is 1. The van der Waals surface area contributed by atoms with E-state index < -0.39 is 0 Å². The molecule has 0 unspecified atom stereocenters. The maximum absolute atomic E-state index is 12.6. The third kappa shape index (κ3) is 2.38. The normalized spacial score (nSPS) is 33.8. The second-order valence-electron chi connectivity index (χ2n) is 5.65. The average molecular weight is 275 g/mol. The number of hydrogen-bond acceptors (Lipinski definition) is 3. The molecule has 0 aromatic heterocycles. The van der Waals surface area contributed by atoms with Crippen molar-refractivity contribution in [1.29, 1.82) is 0 Å². The van der Waals surface area contributed by atoms with E-state index in [0.29, 0.717) is 11.9 Å². The van der Waals surface area contributed by atoms with E-state index in [4.69, 9.17) is 4.74 Å². The van der Waals surface area contributed by atoms with Crippen LogP contribution in [0.25, 0.3) is 0 Å². The van der Waals surface area contributed by atoms with E-state index in [1.54, 1.807) is 0 Å². The number of rotatable bonds is 1. The zero-order valence-corrected chi connectivity index (χ0v) is 11.6. The monoisotopic (exact) mass is 274 g/mol. The number of nitrogens with zero attached hydrogens (tertiary/aromatic N) is 1. The molecule has 3 fully saturated rings. The van der Waals surface area contributed by atoms with Crippen LogP contribution in [0.4, 0.5) is 0 Å². The molecule has 0 aliphatic carbocycles. The molecule has 0 aromatic carbocycles. The summed E-state index contributed by atoms with van der Waals surface area (Å²) in [5, 5.41) is 3.40. The van der Waals surface area contributed by atoms with Crippen LogP contribution in [0.2, 0.25) is 0 Å². The molecule has 3 aliphatic rings. The summed E-state index contributed by atoms with van der Waals surface area (Å²) >= 11 is 0. The first-order valence-electron chi connectivity index (χ1n) is 6.91. The molecular formula is C13H23ClN2O2. The van der Waals surface area contributed by atoms with E-state index >= 15 is 0 Å². The standard InChI is InChI=1S/C13H22N2O2.ClH/c16-12-13(4-1-6-14-10-13)5-7-15(12)11-2-8-17-9-3-11;/h11,14H,1-10H2;1H/t13-;/m1./s1. The number of halogens is 1. The van der Waals surface area contributed by atoms with Gasteiger partial charge in [0.25, 0.3) is 0 Å². The quantitative estimate of drug-likeness (QED) is 0.781. The smallest absolute Gasteiger partial charge is 0.230 e. The first-order chi connectivity index (χ1) is 8.32. The Morgan fingerprint density at radius 1 is 1.28 bits per heavy atom. The second-order valence-corrected chi connectivity index (χ2v) is 5.65. The van der Waals surface area contributed by atoms with Crippen LogP contribution in [-0.4, -0.2) is 49.7 Å². The Hall–Kier alpha value is -0.320. The van der Waals surface area contributed by atoms with Gasteiger partial charge in [-0.3, -0.25) is 4.79 Å². The van der Waals surface area contributed by atoms with E-state index in [1.165, 1.54) is 0 Å². The maximum atomic E-state index is 12.6. The fourth-order valence-corrected chi connectivity index (χ4v) is 3.56. The zero-order chi connectivity index (χ0) is 11.7. The number of nitrogens with one attached hydrogen (secondary N) is 1. The second kappa shape index (κ2) is 5.76. The highest BCUT2D eigenvalue weighted by Gasteiger charge is 2.48. The molecule has 18 heavy (non-hydrogen) atoms. The Morgan fingerprint density at radius 2 is 2.06 bits per heavy atom. The fourth-order valence-electron chi connectivity index (χ4n) is 3.56. The highest BCUT2D eigenvalue weighted by atomic mass is 35.5. The number of carbonyl (C=O) groups is 1. The molecule has 3 heterocycles. The van der Waals surface area contributed by atoms with E-state index in [2.05, 4.69) is 10.2 Å². The molecule has 0 aromatic rings. The zero-order valence-electron chi connectivity index (χ0n) is 10.8. The van der Waals surface area contributed by atoms with Crippen molar-refractivity contribution in [2.45, 2.75) is 38.1 Å². The van der Waals surface area contributed by atoms with Crippen molar-refractivity contribution in [1.82, 2.24) is 10.2 Å². The Kier molecular flexibility index (Phi) is 4.51. The van der Waals surface area contributed by atoms with E-state index in [-0.39, 0.29) is 17.8 Å². The van der Waals surface area contributed by atoms with Gasteiger partial charge in [-0.2, -0.15) is 0 Å². The molecule has 1 amide bonds. The van der Waals surface area contributed by atoms with Gasteiger partial charge in [0.05, 0.1) is 5.41 Å². The van der Waals surface area contributed by atoms with Crippen molar-refractivity contribution in [3.05, 3.63) is 0 Å². The predicted molar refractivity (Wildman–Crippen MR) is 72.0 cm³/mol. The lowest BCUT2D eigenvalue weighted by Gasteiger charge is -2.35. The highest BCUT2D eigenvalue weighted by Crippen LogP contribution is 2.39. The largest absolute Gasteiger partial charge is 0.381 e. The van der Waals surface area contributed by atoms with Crippen LogP contribution >= 0.6 is 12.4 Å². The van der Waals surface area contributed by atoms with Crippen molar-refractivity contribution in [2.75, 3.05) is 32.8 Å². The third-order valence-corrected chi connectivity index (χ3v) is 4.65. The summed E-state index contributed by atoms with van der Waals surface area (Å²) in [6, 6.07) is 0.442. The molecule has 0 radical (unpaired) electrons. The summed E-state index contributed by atoms with van der Waals surface area (Å²) in [4.78, 5) is 14.8. The molecule has 0 saturated carbocycles. The molecule has 4 nitrogen and oxygen atoms in total. The lowest BCUT2D eigenvalue weighted by molar-refractivity contribution is -0.140. The van der Waals surface area contributed by atoms with Crippen LogP contribution < -0.4 is 5.32 Å². The van der Waals surface area contributed by atoms with Gasteiger partial charge in [0.2, 0.25) is 5.91 Å². The summed E-state index contributed by atoms with van der Waals surface area (Å²) in [5.74, 6) is 0.414. The van der Waals surface area contributed by atoms with Crippen molar-refractivity contribution >= 4 is 18.3 Å². The van der Waals surface area contributed by atoms with Gasteiger partial charge in [-0.15, -0.1) is 12.4 Å². The van der Waals surface area contributed by atoms with E-state index in [9.17, 15) is 4.79 Å². The molecule has 3 rings (SSSR count). The molecule has 3 aliphatic heterocycles. The molecular weight excluding hydrogens is 252 g/mol. The van der Waals surface area contributed by atoms with Gasteiger partial charge in [0, 0.05) is 32.3 Å². The Bertz CT molecular complexity index is 299. The van der Waals surface area contributed by atoms with E-state index in [0.717, 1.165) is 65.0 Å². The Morgan fingerprint density at radius 3 is 2.72 bits per heavy atom. The molecule has 1 spiro atoms. The Balaban J connectivity index is 0.00000120. The molecule has 1 atom stereocenters. The minimum Gasteiger partial charge on any atom is -0.381 e. The summed E-state index contributed by atoms with van der Waals surface area (Å²) in [6.07, 6.45) is 5.33. The summed E-state index contributed by atoms with van der Waals surface area (Å²) in [7, 11) is 0. The van der Waals surface area contributed by atoms with Gasteiger partial charge in [0.15, 0.2) is 0 Å². The summed E-state index contributed by atoms with van der Waals surface area (Å²) in [5.41, 5.74) is -0.0590. The van der Waals surface area contributed by atoms with Crippen LogP contribution in [0.15, 0.2) is 0 Å². The number of amides is 1. The number of piperidine rings is 1. The lowest BCUT2D eigenvalue weighted by atomic mass is 9.79. The number of hydrogen-bond donors (Lipinski definition) is 1. The minimum absolute atomic E-state index is 0. The van der Waals surface area contributed by atoms with Crippen LogP contribution in [0, 0.1) is 5.41 Å². The van der Waals surface area contributed by atoms with Gasteiger partial charge >= 0.3 is 0 Å². The van der Waals surface area contributed by atoms with Gasteiger partial charge in [-0.25, -0.2) is 0 Å². The van der Waals surface area contributed by atoms with Gasteiger partial charge in [-0.05, 0) is 38.6 Å². The van der Waals surface area contributed by atoms with Crippen LogP contribution in [-0.2, 0) is 9.53 Å². The summed E-state index contributed by atoms with van der Waals surface area (Å²) in [6.45, 7) is 4.57. The van der Waals surface area contributed by atoms with Gasteiger partial charge in [-0.1, -0.05) is 0 Å². The van der Waals surface area contributed by atoms with Gasteiger partial charge < -0.3 is 15.0 Å². The van der Waals surface area contributed by atoms with Crippen molar-refractivity contribution in [2.24, 2.45) is 5.41 Å². The summed E-state index contributed by atoms with van der Waals surface area (Å²) < 4.78 is 5.38. The molecule has 104 valence electrons. The Labute approximate surface area is 115 Å². The first kappa shape index (κ1) is 14.1. The number of likely N-dealkylation sites (tertiary alicyclic amines) is 1. The first-order valence-corrected chi connectivity index (χ1v) is 6.91. The number of ether oxygens (including phenoxy) is 1. The van der Waals surface area contributed by atoms with Crippen molar-refractivity contribution in [3.63, 3.8) is 0 Å².